The Morgan fingerprint density at radius 2 is 1.80 bits per heavy atom. The largest absolute Gasteiger partial charge is 0.341 e. The second-order valence-corrected chi connectivity index (χ2v) is 7.37. The van der Waals surface area contributed by atoms with Gasteiger partial charge in [0.2, 0.25) is 5.91 Å². The summed E-state index contributed by atoms with van der Waals surface area (Å²) in [4.78, 5) is 27.7. The number of hydrogen-bond acceptors (Lipinski definition) is 6. The SMILES string of the molecule is CCc1cccc(CC)c1-n1c(SCC(=O)NC(=O)NC)nnc1-c1cccnc1. The molecule has 1 aromatic carbocycles. The lowest BCUT2D eigenvalue weighted by atomic mass is 10.0. The number of carbonyl (C=O) groups excluding carboxylic acids is 2. The molecule has 0 unspecified atom stereocenters. The summed E-state index contributed by atoms with van der Waals surface area (Å²) in [5.74, 6) is 0.290. The number of nitrogens with one attached hydrogen (secondary N) is 2. The van der Waals surface area contributed by atoms with Crippen molar-refractivity contribution in [3.8, 4) is 17.1 Å². The van der Waals surface area contributed by atoms with Crippen molar-refractivity contribution in [2.45, 2.75) is 31.8 Å². The summed E-state index contributed by atoms with van der Waals surface area (Å²) in [6, 6.07) is 9.48. The Kier molecular flexibility index (Phi) is 7.18. The number of para-hydroxylation sites is 1. The molecule has 3 aromatic rings. The third-order valence-electron chi connectivity index (χ3n) is 4.55. The predicted molar refractivity (Wildman–Crippen MR) is 117 cm³/mol. The zero-order valence-electron chi connectivity index (χ0n) is 17.2. The van der Waals surface area contributed by atoms with Gasteiger partial charge in [-0.2, -0.15) is 0 Å². The minimum atomic E-state index is -0.539. The lowest BCUT2D eigenvalue weighted by Crippen LogP contribution is -2.38. The molecule has 30 heavy (non-hydrogen) atoms. The van der Waals surface area contributed by atoms with Crippen LogP contribution in [-0.2, 0) is 17.6 Å². The molecule has 0 aliphatic heterocycles. The van der Waals surface area contributed by atoms with Crippen LogP contribution in [0.1, 0.15) is 25.0 Å². The summed E-state index contributed by atoms with van der Waals surface area (Å²) in [5, 5.41) is 14.0. The van der Waals surface area contributed by atoms with Gasteiger partial charge in [0.05, 0.1) is 11.4 Å². The first-order valence-electron chi connectivity index (χ1n) is 9.70. The van der Waals surface area contributed by atoms with Crippen molar-refractivity contribution in [1.29, 1.82) is 0 Å². The van der Waals surface area contributed by atoms with Crippen molar-refractivity contribution >= 4 is 23.7 Å². The number of pyridine rings is 1. The fourth-order valence-electron chi connectivity index (χ4n) is 3.10. The summed E-state index contributed by atoms with van der Waals surface area (Å²) in [5.41, 5.74) is 4.19. The first-order chi connectivity index (χ1) is 14.6. The van der Waals surface area contributed by atoms with Crippen LogP contribution in [0.5, 0.6) is 0 Å². The van der Waals surface area contributed by atoms with Gasteiger partial charge in [-0.25, -0.2) is 4.79 Å². The molecular weight excluding hydrogens is 400 g/mol. The van der Waals surface area contributed by atoms with Gasteiger partial charge in [0.1, 0.15) is 0 Å². The number of benzene rings is 1. The standard InChI is InChI=1S/C21H24N6O2S/c1-4-14-8-6-9-15(5-2)18(14)27-19(16-10-7-11-23-12-16)25-26-21(27)30-13-17(28)24-20(29)22-3/h6-12H,4-5,13H2,1-3H3,(H2,22,24,28,29). The van der Waals surface area contributed by atoms with E-state index in [0.717, 1.165) is 35.2 Å². The fourth-order valence-corrected chi connectivity index (χ4v) is 3.84. The molecular formula is C21H24N6O2S. The maximum absolute atomic E-state index is 12.1. The molecule has 0 radical (unpaired) electrons. The van der Waals surface area contributed by atoms with E-state index in [0.29, 0.717) is 11.0 Å². The predicted octanol–water partition coefficient (Wildman–Crippen LogP) is 3.00. The van der Waals surface area contributed by atoms with Crippen LogP contribution >= 0.6 is 11.8 Å². The normalized spacial score (nSPS) is 10.6. The molecule has 3 rings (SSSR count). The van der Waals surface area contributed by atoms with Crippen molar-refractivity contribution in [3.05, 3.63) is 53.9 Å². The maximum atomic E-state index is 12.1. The summed E-state index contributed by atoms with van der Waals surface area (Å²) in [7, 11) is 1.46. The molecule has 0 bridgehead atoms. The van der Waals surface area contributed by atoms with E-state index in [1.54, 1.807) is 12.4 Å². The van der Waals surface area contributed by atoms with Crippen LogP contribution in [0.4, 0.5) is 4.79 Å². The Hall–Kier alpha value is -3.20. The minimum absolute atomic E-state index is 0.0361. The van der Waals surface area contributed by atoms with E-state index >= 15 is 0 Å². The number of nitrogens with zero attached hydrogens (tertiary/aromatic N) is 4. The highest BCUT2D eigenvalue weighted by Gasteiger charge is 2.21. The smallest absolute Gasteiger partial charge is 0.321 e. The zero-order chi connectivity index (χ0) is 21.5. The molecule has 0 atom stereocenters. The molecule has 0 saturated carbocycles. The molecule has 2 heterocycles. The van der Waals surface area contributed by atoms with Gasteiger partial charge >= 0.3 is 6.03 Å². The molecule has 9 heteroatoms. The number of amides is 3. The van der Waals surface area contributed by atoms with Gasteiger partial charge in [-0.15, -0.1) is 10.2 Å². The molecule has 0 aliphatic rings. The highest BCUT2D eigenvalue weighted by atomic mass is 32.2. The van der Waals surface area contributed by atoms with E-state index in [-0.39, 0.29) is 5.75 Å². The van der Waals surface area contributed by atoms with Crippen molar-refractivity contribution in [3.63, 3.8) is 0 Å². The van der Waals surface area contributed by atoms with E-state index in [1.807, 2.05) is 16.7 Å². The minimum Gasteiger partial charge on any atom is -0.341 e. The fraction of sp³-hybridized carbons (Fsp3) is 0.286. The Bertz CT molecular complexity index is 1010. The lowest BCUT2D eigenvalue weighted by molar-refractivity contribution is -0.117. The van der Waals surface area contributed by atoms with Gasteiger partial charge in [0, 0.05) is 25.0 Å². The third kappa shape index (κ3) is 4.68. The number of carbonyl (C=O) groups is 2. The summed E-state index contributed by atoms with van der Waals surface area (Å²) in [6.07, 6.45) is 5.14. The average Bonchev–Trinajstić information content (AvgIpc) is 3.20. The molecule has 2 aromatic heterocycles. The van der Waals surface area contributed by atoms with Gasteiger partial charge < -0.3 is 5.32 Å². The highest BCUT2D eigenvalue weighted by Crippen LogP contribution is 2.32. The Morgan fingerprint density at radius 1 is 1.07 bits per heavy atom. The van der Waals surface area contributed by atoms with Crippen LogP contribution in [0.15, 0.2) is 47.9 Å². The number of imide groups is 1. The van der Waals surface area contributed by atoms with Gasteiger partial charge in [0.25, 0.3) is 0 Å². The molecule has 2 N–H and O–H groups in total. The second-order valence-electron chi connectivity index (χ2n) is 6.43. The van der Waals surface area contributed by atoms with E-state index in [1.165, 1.54) is 18.8 Å². The van der Waals surface area contributed by atoms with Crippen LogP contribution in [-0.4, -0.2) is 44.5 Å². The topological polar surface area (TPSA) is 102 Å². The molecule has 0 fully saturated rings. The monoisotopic (exact) mass is 424 g/mol. The maximum Gasteiger partial charge on any atom is 0.321 e. The summed E-state index contributed by atoms with van der Waals surface area (Å²) in [6.45, 7) is 4.21. The quantitative estimate of drug-likeness (QED) is 0.566. The number of urea groups is 1. The van der Waals surface area contributed by atoms with Crippen molar-refractivity contribution in [1.82, 2.24) is 30.4 Å². The van der Waals surface area contributed by atoms with Gasteiger partial charge in [-0.3, -0.25) is 19.7 Å². The zero-order valence-corrected chi connectivity index (χ0v) is 18.0. The van der Waals surface area contributed by atoms with Gasteiger partial charge in [-0.1, -0.05) is 43.8 Å². The van der Waals surface area contributed by atoms with E-state index in [2.05, 4.69) is 57.9 Å². The summed E-state index contributed by atoms with van der Waals surface area (Å²) < 4.78 is 1.99. The van der Waals surface area contributed by atoms with Crippen LogP contribution in [0.3, 0.4) is 0 Å². The molecule has 156 valence electrons. The van der Waals surface area contributed by atoms with Crippen molar-refractivity contribution in [2.75, 3.05) is 12.8 Å². The number of rotatable bonds is 7. The number of aromatic nitrogens is 4. The first kappa shape index (κ1) is 21.5. The molecule has 0 aliphatic carbocycles. The summed E-state index contributed by atoms with van der Waals surface area (Å²) >= 11 is 1.23. The van der Waals surface area contributed by atoms with E-state index < -0.39 is 11.9 Å². The molecule has 0 saturated heterocycles. The van der Waals surface area contributed by atoms with Crippen molar-refractivity contribution in [2.24, 2.45) is 0 Å². The number of hydrogen-bond donors (Lipinski definition) is 2. The molecule has 8 nitrogen and oxygen atoms in total. The average molecular weight is 425 g/mol. The van der Waals surface area contributed by atoms with Gasteiger partial charge in [-0.05, 0) is 36.1 Å². The Morgan fingerprint density at radius 3 is 2.40 bits per heavy atom. The molecule has 0 spiro atoms. The number of thioether (sulfide) groups is 1. The van der Waals surface area contributed by atoms with Crippen LogP contribution in [0.2, 0.25) is 0 Å². The second kappa shape index (κ2) is 10.0. The van der Waals surface area contributed by atoms with Crippen LogP contribution in [0, 0.1) is 0 Å². The first-order valence-corrected chi connectivity index (χ1v) is 10.7. The van der Waals surface area contributed by atoms with E-state index in [4.69, 9.17) is 0 Å². The van der Waals surface area contributed by atoms with Crippen LogP contribution in [0.25, 0.3) is 17.1 Å². The highest BCUT2D eigenvalue weighted by molar-refractivity contribution is 7.99. The van der Waals surface area contributed by atoms with Crippen LogP contribution < -0.4 is 10.6 Å². The van der Waals surface area contributed by atoms with Crippen molar-refractivity contribution < 1.29 is 9.59 Å². The molecule has 3 amide bonds. The third-order valence-corrected chi connectivity index (χ3v) is 5.48. The van der Waals surface area contributed by atoms with Gasteiger partial charge in [0.15, 0.2) is 11.0 Å². The lowest BCUT2D eigenvalue weighted by Gasteiger charge is -2.17. The Labute approximate surface area is 179 Å². The van der Waals surface area contributed by atoms with E-state index in [9.17, 15) is 9.59 Å². The number of aryl methyl sites for hydroxylation is 2. The Balaban J connectivity index is 2.07.